The van der Waals surface area contributed by atoms with Crippen molar-refractivity contribution in [3.05, 3.63) is 21.9 Å². The first-order valence-corrected chi connectivity index (χ1v) is 4.63. The van der Waals surface area contributed by atoms with Crippen LogP contribution >= 0.6 is 11.3 Å². The minimum atomic E-state index is 0.636. The minimum Gasteiger partial charge on any atom is -0.192 e. The van der Waals surface area contributed by atoms with E-state index in [1.807, 2.05) is 5.38 Å². The second kappa shape index (κ2) is 3.54. The summed E-state index contributed by atoms with van der Waals surface area (Å²) in [6.45, 7) is 4.33. The summed E-state index contributed by atoms with van der Waals surface area (Å²) in [7, 11) is 0. The van der Waals surface area contributed by atoms with Crippen LogP contribution in [0.3, 0.4) is 0 Å². The van der Waals surface area contributed by atoms with Crippen LogP contribution in [-0.4, -0.2) is 0 Å². The maximum Gasteiger partial charge on any atom is 0.100 e. The summed E-state index contributed by atoms with van der Waals surface area (Å²) < 4.78 is 0. The van der Waals surface area contributed by atoms with E-state index in [1.54, 1.807) is 11.3 Å². The van der Waals surface area contributed by atoms with E-state index in [2.05, 4.69) is 25.3 Å². The number of rotatable bonds is 2. The van der Waals surface area contributed by atoms with Gasteiger partial charge in [0.1, 0.15) is 6.07 Å². The number of hydrogen-bond donors (Lipinski definition) is 0. The molecule has 0 aliphatic heterocycles. The molecule has 1 heterocycles. The van der Waals surface area contributed by atoms with Gasteiger partial charge in [-0.25, -0.2) is 0 Å². The summed E-state index contributed by atoms with van der Waals surface area (Å²) >= 11 is 1.61. The fourth-order valence-electron chi connectivity index (χ4n) is 1.02. The molecule has 0 radical (unpaired) electrons. The van der Waals surface area contributed by atoms with E-state index in [1.165, 1.54) is 5.56 Å². The molecule has 1 aromatic heterocycles. The van der Waals surface area contributed by atoms with Crippen LogP contribution < -0.4 is 0 Å². The molecule has 0 aliphatic carbocycles. The van der Waals surface area contributed by atoms with Crippen LogP contribution in [0.15, 0.2) is 10.8 Å². The van der Waals surface area contributed by atoms with Crippen LogP contribution in [0, 0.1) is 17.2 Å². The Morgan fingerprint density at radius 2 is 2.27 bits per heavy atom. The SMILES string of the molecule is CC(C)Cc1cscc1C#N. The highest BCUT2D eigenvalue weighted by atomic mass is 32.1. The van der Waals surface area contributed by atoms with Gasteiger partial charge in [-0.2, -0.15) is 16.6 Å². The maximum absolute atomic E-state index is 8.68. The molecule has 0 fully saturated rings. The Bertz CT molecular complexity index is 267. The van der Waals surface area contributed by atoms with E-state index < -0.39 is 0 Å². The van der Waals surface area contributed by atoms with Gasteiger partial charge in [0.15, 0.2) is 0 Å². The summed E-state index contributed by atoms with van der Waals surface area (Å²) in [5, 5.41) is 12.7. The Kier molecular flexibility index (Phi) is 2.67. The van der Waals surface area contributed by atoms with E-state index in [-0.39, 0.29) is 0 Å². The van der Waals surface area contributed by atoms with Gasteiger partial charge in [-0.3, -0.25) is 0 Å². The van der Waals surface area contributed by atoms with Crippen molar-refractivity contribution in [2.75, 3.05) is 0 Å². The van der Waals surface area contributed by atoms with Gasteiger partial charge in [0.2, 0.25) is 0 Å². The highest BCUT2D eigenvalue weighted by Crippen LogP contribution is 2.17. The third-order valence-corrected chi connectivity index (χ3v) is 2.28. The van der Waals surface area contributed by atoms with Gasteiger partial charge in [0.05, 0.1) is 5.56 Å². The molecule has 1 rings (SSSR count). The standard InChI is InChI=1S/C9H11NS/c1-7(2)3-8-5-11-6-9(8)4-10/h5-7H,3H2,1-2H3. The fourth-order valence-corrected chi connectivity index (χ4v) is 1.82. The zero-order valence-corrected chi connectivity index (χ0v) is 7.61. The molecule has 0 atom stereocenters. The highest BCUT2D eigenvalue weighted by Gasteiger charge is 2.04. The average molecular weight is 165 g/mol. The highest BCUT2D eigenvalue weighted by molar-refractivity contribution is 7.08. The summed E-state index contributed by atoms with van der Waals surface area (Å²) in [6, 6.07) is 2.19. The largest absolute Gasteiger partial charge is 0.192 e. The van der Waals surface area contributed by atoms with Gasteiger partial charge < -0.3 is 0 Å². The van der Waals surface area contributed by atoms with Gasteiger partial charge in [0, 0.05) is 5.38 Å². The molecule has 11 heavy (non-hydrogen) atoms. The topological polar surface area (TPSA) is 23.8 Å². The molecule has 2 heteroatoms. The first kappa shape index (κ1) is 8.29. The predicted molar refractivity (Wildman–Crippen MR) is 47.6 cm³/mol. The summed E-state index contributed by atoms with van der Waals surface area (Å²) in [5.41, 5.74) is 2.05. The molecule has 0 aromatic carbocycles. The fraction of sp³-hybridized carbons (Fsp3) is 0.444. The van der Waals surface area contributed by atoms with Gasteiger partial charge in [-0.05, 0) is 23.3 Å². The van der Waals surface area contributed by atoms with E-state index in [0.29, 0.717) is 5.92 Å². The Morgan fingerprint density at radius 1 is 1.55 bits per heavy atom. The molecule has 0 saturated carbocycles. The predicted octanol–water partition coefficient (Wildman–Crippen LogP) is 2.82. The van der Waals surface area contributed by atoms with E-state index in [4.69, 9.17) is 5.26 Å². The van der Waals surface area contributed by atoms with Gasteiger partial charge in [-0.1, -0.05) is 13.8 Å². The first-order chi connectivity index (χ1) is 5.24. The van der Waals surface area contributed by atoms with Crippen molar-refractivity contribution in [1.29, 1.82) is 5.26 Å². The minimum absolute atomic E-state index is 0.636. The molecule has 0 amide bonds. The lowest BCUT2D eigenvalue weighted by Crippen LogP contribution is -1.93. The van der Waals surface area contributed by atoms with Gasteiger partial charge in [0.25, 0.3) is 0 Å². The Balaban J connectivity index is 2.79. The number of nitrogens with zero attached hydrogens (tertiary/aromatic N) is 1. The lowest BCUT2D eigenvalue weighted by molar-refractivity contribution is 0.648. The van der Waals surface area contributed by atoms with E-state index in [0.717, 1.165) is 12.0 Å². The third kappa shape index (κ3) is 2.06. The molecular weight excluding hydrogens is 154 g/mol. The van der Waals surface area contributed by atoms with Crippen molar-refractivity contribution in [2.24, 2.45) is 5.92 Å². The van der Waals surface area contributed by atoms with Crippen molar-refractivity contribution in [2.45, 2.75) is 20.3 Å². The summed E-state index contributed by atoms with van der Waals surface area (Å²) in [4.78, 5) is 0. The quantitative estimate of drug-likeness (QED) is 0.661. The number of hydrogen-bond acceptors (Lipinski definition) is 2. The lowest BCUT2D eigenvalue weighted by atomic mass is 10.0. The average Bonchev–Trinajstić information content (AvgIpc) is 2.34. The van der Waals surface area contributed by atoms with Crippen LogP contribution in [0.1, 0.15) is 25.0 Å². The maximum atomic E-state index is 8.68. The van der Waals surface area contributed by atoms with Crippen LogP contribution in [0.2, 0.25) is 0 Å². The van der Waals surface area contributed by atoms with Crippen molar-refractivity contribution in [3.8, 4) is 6.07 Å². The lowest BCUT2D eigenvalue weighted by Gasteiger charge is -2.00. The molecule has 0 saturated heterocycles. The monoisotopic (exact) mass is 165 g/mol. The van der Waals surface area contributed by atoms with Crippen molar-refractivity contribution in [3.63, 3.8) is 0 Å². The summed E-state index contributed by atoms with van der Waals surface area (Å²) in [5.74, 6) is 0.636. The van der Waals surface area contributed by atoms with E-state index in [9.17, 15) is 0 Å². The van der Waals surface area contributed by atoms with Crippen molar-refractivity contribution in [1.82, 2.24) is 0 Å². The molecule has 0 N–H and O–H groups in total. The molecular formula is C9H11NS. The van der Waals surface area contributed by atoms with Crippen LogP contribution in [0.5, 0.6) is 0 Å². The molecule has 0 spiro atoms. The smallest absolute Gasteiger partial charge is 0.100 e. The van der Waals surface area contributed by atoms with Crippen LogP contribution in [-0.2, 0) is 6.42 Å². The molecule has 1 aromatic rings. The second-order valence-corrected chi connectivity index (χ2v) is 3.76. The van der Waals surface area contributed by atoms with Crippen LogP contribution in [0.25, 0.3) is 0 Å². The molecule has 0 bridgehead atoms. The van der Waals surface area contributed by atoms with Gasteiger partial charge in [-0.15, -0.1) is 0 Å². The molecule has 0 unspecified atom stereocenters. The number of thiophene rings is 1. The molecule has 0 aliphatic rings. The van der Waals surface area contributed by atoms with E-state index >= 15 is 0 Å². The first-order valence-electron chi connectivity index (χ1n) is 3.69. The zero-order chi connectivity index (χ0) is 8.27. The molecule has 58 valence electrons. The zero-order valence-electron chi connectivity index (χ0n) is 6.79. The molecule has 1 nitrogen and oxygen atoms in total. The Morgan fingerprint density at radius 3 is 2.82 bits per heavy atom. The normalized spacial score (nSPS) is 10.0. The number of nitriles is 1. The van der Waals surface area contributed by atoms with Crippen molar-refractivity contribution >= 4 is 11.3 Å². The Labute approximate surface area is 71.3 Å². The Hall–Kier alpha value is -0.810. The third-order valence-electron chi connectivity index (χ3n) is 1.49. The summed E-state index contributed by atoms with van der Waals surface area (Å²) in [6.07, 6.45) is 1.02. The van der Waals surface area contributed by atoms with Crippen molar-refractivity contribution < 1.29 is 0 Å². The van der Waals surface area contributed by atoms with Crippen LogP contribution in [0.4, 0.5) is 0 Å². The van der Waals surface area contributed by atoms with Gasteiger partial charge >= 0.3 is 0 Å². The second-order valence-electron chi connectivity index (χ2n) is 3.02.